The van der Waals surface area contributed by atoms with Gasteiger partial charge in [-0.15, -0.1) is 0 Å². The molecule has 0 aromatic carbocycles. The third-order valence-corrected chi connectivity index (χ3v) is 2.50. The zero-order valence-electron chi connectivity index (χ0n) is 9.88. The molecule has 6 nitrogen and oxygen atoms in total. The molecule has 1 aromatic rings. The lowest BCUT2D eigenvalue weighted by Gasteiger charge is -2.18. The van der Waals surface area contributed by atoms with E-state index in [9.17, 15) is 4.79 Å². The van der Waals surface area contributed by atoms with Crippen LogP contribution in [0.15, 0.2) is 12.4 Å². The highest BCUT2D eigenvalue weighted by Gasteiger charge is 2.27. The molecule has 0 unspecified atom stereocenters. The van der Waals surface area contributed by atoms with Gasteiger partial charge in [0.25, 0.3) is 0 Å². The summed E-state index contributed by atoms with van der Waals surface area (Å²) in [6, 6.07) is 0. The van der Waals surface area contributed by atoms with Gasteiger partial charge in [0, 0.05) is 12.4 Å². The summed E-state index contributed by atoms with van der Waals surface area (Å²) in [5.74, 6) is -0.609. The second-order valence-corrected chi connectivity index (χ2v) is 4.27. The summed E-state index contributed by atoms with van der Waals surface area (Å²) >= 11 is 0. The van der Waals surface area contributed by atoms with Crippen LogP contribution >= 0.6 is 0 Å². The van der Waals surface area contributed by atoms with Crippen molar-refractivity contribution in [3.05, 3.63) is 18.1 Å². The minimum absolute atomic E-state index is 0.246. The molecule has 0 amide bonds. The molecular formula is C11H16N2O4. The molecule has 0 aliphatic heterocycles. The van der Waals surface area contributed by atoms with Crippen LogP contribution in [-0.4, -0.2) is 32.9 Å². The number of ether oxygens (including phenoxy) is 1. The minimum atomic E-state index is -0.856. The fraction of sp³-hybridized carbons (Fsp3) is 0.545. The summed E-state index contributed by atoms with van der Waals surface area (Å²) in [6.07, 6.45) is 3.81. The number of hydrogen-bond acceptors (Lipinski definition) is 5. The average molecular weight is 240 g/mol. The molecule has 1 rings (SSSR count). The Hall–Kier alpha value is -1.69. The number of rotatable bonds is 6. The monoisotopic (exact) mass is 240 g/mol. The number of aliphatic hydroxyl groups excluding tert-OH is 1. The van der Waals surface area contributed by atoms with Crippen molar-refractivity contribution in [2.45, 2.75) is 26.7 Å². The number of carboxylic acids is 1. The molecule has 0 radical (unpaired) electrons. The van der Waals surface area contributed by atoms with Crippen molar-refractivity contribution in [1.29, 1.82) is 0 Å². The van der Waals surface area contributed by atoms with Crippen molar-refractivity contribution in [2.75, 3.05) is 6.79 Å². The number of hydrogen-bond donors (Lipinski definition) is 2. The first-order chi connectivity index (χ1) is 7.97. The number of carbonyl (C=O) groups is 1. The Kier molecular flexibility index (Phi) is 4.39. The van der Waals surface area contributed by atoms with Gasteiger partial charge in [0.1, 0.15) is 5.69 Å². The number of nitrogens with zero attached hydrogens (tertiary/aromatic N) is 2. The highest BCUT2D eigenvalue weighted by molar-refractivity contribution is 5.73. The normalized spacial score (nSPS) is 11.2. The second-order valence-electron chi connectivity index (χ2n) is 4.27. The summed E-state index contributed by atoms with van der Waals surface area (Å²) in [7, 11) is 0. The van der Waals surface area contributed by atoms with Gasteiger partial charge >= 0.3 is 5.97 Å². The molecule has 17 heavy (non-hydrogen) atoms. The van der Waals surface area contributed by atoms with Crippen molar-refractivity contribution < 1.29 is 19.7 Å². The molecule has 0 spiro atoms. The second kappa shape index (κ2) is 5.58. The highest BCUT2D eigenvalue weighted by atomic mass is 16.6. The summed E-state index contributed by atoms with van der Waals surface area (Å²) < 4.78 is 4.90. The number of aryl methyl sites for hydroxylation is 1. The van der Waals surface area contributed by atoms with Gasteiger partial charge in [-0.05, 0) is 26.7 Å². The molecule has 1 heterocycles. The van der Waals surface area contributed by atoms with Gasteiger partial charge in [-0.3, -0.25) is 9.78 Å². The van der Waals surface area contributed by atoms with Crippen LogP contribution in [0.1, 0.15) is 26.0 Å². The molecule has 2 N–H and O–H groups in total. The predicted octanol–water partition coefficient (Wildman–Crippen LogP) is 0.849. The van der Waals surface area contributed by atoms with Gasteiger partial charge in [0.05, 0.1) is 5.41 Å². The molecule has 0 aliphatic rings. The number of aliphatic carboxylic acids is 1. The SMILES string of the molecule is CC(C)(CCc1nccnc1OCO)C(=O)O. The van der Waals surface area contributed by atoms with Crippen molar-refractivity contribution in [2.24, 2.45) is 5.41 Å². The molecule has 0 saturated carbocycles. The topological polar surface area (TPSA) is 92.5 Å². The largest absolute Gasteiger partial charge is 0.481 e. The van der Waals surface area contributed by atoms with Gasteiger partial charge in [-0.25, -0.2) is 4.98 Å². The van der Waals surface area contributed by atoms with Crippen LogP contribution in [0.4, 0.5) is 0 Å². The van der Waals surface area contributed by atoms with Crippen LogP contribution in [0.2, 0.25) is 0 Å². The van der Waals surface area contributed by atoms with E-state index in [0.717, 1.165) is 0 Å². The Labute approximate surface area is 99.3 Å². The Balaban J connectivity index is 2.72. The Bertz CT molecular complexity index is 393. The van der Waals surface area contributed by atoms with Crippen LogP contribution in [0, 0.1) is 5.41 Å². The molecule has 0 saturated heterocycles. The number of carboxylic acid groups (broad SMARTS) is 1. The highest BCUT2D eigenvalue weighted by Crippen LogP contribution is 2.24. The van der Waals surface area contributed by atoms with E-state index in [1.54, 1.807) is 13.8 Å². The van der Waals surface area contributed by atoms with E-state index in [1.807, 2.05) is 0 Å². The lowest BCUT2D eigenvalue weighted by Crippen LogP contribution is -2.24. The third kappa shape index (κ3) is 3.67. The zero-order chi connectivity index (χ0) is 12.9. The van der Waals surface area contributed by atoms with E-state index in [-0.39, 0.29) is 5.88 Å². The zero-order valence-corrected chi connectivity index (χ0v) is 9.88. The average Bonchev–Trinajstić information content (AvgIpc) is 2.28. The van der Waals surface area contributed by atoms with E-state index < -0.39 is 18.2 Å². The van der Waals surface area contributed by atoms with E-state index in [1.165, 1.54) is 12.4 Å². The quantitative estimate of drug-likeness (QED) is 0.716. The molecule has 6 heteroatoms. The van der Waals surface area contributed by atoms with Gasteiger partial charge in [0.15, 0.2) is 6.79 Å². The van der Waals surface area contributed by atoms with Gasteiger partial charge in [-0.2, -0.15) is 0 Å². The van der Waals surface area contributed by atoms with E-state index in [0.29, 0.717) is 18.5 Å². The molecule has 94 valence electrons. The number of aliphatic hydroxyl groups is 1. The standard InChI is InChI=1S/C11H16N2O4/c1-11(2,10(15)16)4-3-8-9(17-7-14)13-6-5-12-8/h5-6,14H,3-4,7H2,1-2H3,(H,15,16). The summed E-state index contributed by atoms with van der Waals surface area (Å²) in [6.45, 7) is 2.82. The minimum Gasteiger partial charge on any atom is -0.481 e. The lowest BCUT2D eigenvalue weighted by molar-refractivity contribution is -0.147. The molecular weight excluding hydrogens is 224 g/mol. The van der Waals surface area contributed by atoms with Gasteiger partial charge in [0.2, 0.25) is 5.88 Å². The Morgan fingerprint density at radius 3 is 2.65 bits per heavy atom. The van der Waals surface area contributed by atoms with Crippen LogP contribution < -0.4 is 4.74 Å². The van der Waals surface area contributed by atoms with Gasteiger partial charge < -0.3 is 14.9 Å². The lowest BCUT2D eigenvalue weighted by atomic mass is 9.87. The molecule has 0 bridgehead atoms. The van der Waals surface area contributed by atoms with E-state index in [4.69, 9.17) is 14.9 Å². The maximum Gasteiger partial charge on any atom is 0.309 e. The molecule has 0 aliphatic carbocycles. The van der Waals surface area contributed by atoms with Crippen molar-refractivity contribution in [3.63, 3.8) is 0 Å². The van der Waals surface area contributed by atoms with Crippen molar-refractivity contribution >= 4 is 5.97 Å². The maximum absolute atomic E-state index is 10.9. The van der Waals surface area contributed by atoms with Crippen LogP contribution in [-0.2, 0) is 11.2 Å². The molecule has 0 fully saturated rings. The Morgan fingerprint density at radius 1 is 1.41 bits per heavy atom. The first-order valence-corrected chi connectivity index (χ1v) is 5.24. The summed E-state index contributed by atoms with van der Waals surface area (Å²) in [5.41, 5.74) is -0.274. The van der Waals surface area contributed by atoms with Crippen molar-refractivity contribution in [1.82, 2.24) is 9.97 Å². The van der Waals surface area contributed by atoms with Crippen molar-refractivity contribution in [3.8, 4) is 5.88 Å². The fourth-order valence-electron chi connectivity index (χ4n) is 1.25. The maximum atomic E-state index is 10.9. The van der Waals surface area contributed by atoms with Crippen LogP contribution in [0.5, 0.6) is 5.88 Å². The van der Waals surface area contributed by atoms with Crippen LogP contribution in [0.25, 0.3) is 0 Å². The van der Waals surface area contributed by atoms with E-state index in [2.05, 4.69) is 9.97 Å². The summed E-state index contributed by atoms with van der Waals surface area (Å²) in [5, 5.41) is 17.7. The first kappa shape index (κ1) is 13.4. The third-order valence-electron chi connectivity index (χ3n) is 2.50. The fourth-order valence-corrected chi connectivity index (χ4v) is 1.25. The molecule has 1 aromatic heterocycles. The van der Waals surface area contributed by atoms with Gasteiger partial charge in [-0.1, -0.05) is 0 Å². The summed E-state index contributed by atoms with van der Waals surface area (Å²) in [4.78, 5) is 18.9. The smallest absolute Gasteiger partial charge is 0.309 e. The van der Waals surface area contributed by atoms with Crippen LogP contribution in [0.3, 0.4) is 0 Å². The van der Waals surface area contributed by atoms with E-state index >= 15 is 0 Å². The predicted molar refractivity (Wildman–Crippen MR) is 59.5 cm³/mol. The molecule has 0 atom stereocenters. The first-order valence-electron chi connectivity index (χ1n) is 5.24. The number of aromatic nitrogens is 2. The Morgan fingerprint density at radius 2 is 2.06 bits per heavy atom.